The zero-order valence-electron chi connectivity index (χ0n) is 8.04. The summed E-state index contributed by atoms with van der Waals surface area (Å²) in [6.07, 6.45) is 4.16. The van der Waals surface area contributed by atoms with Gasteiger partial charge in [0.25, 0.3) is 0 Å². The minimum atomic E-state index is 0.983. The first kappa shape index (κ1) is 10.9. The minimum absolute atomic E-state index is 0.983. The zero-order valence-corrected chi connectivity index (χ0v) is 9.67. The molecule has 0 amide bonds. The van der Waals surface area contributed by atoms with Crippen molar-refractivity contribution in [3.8, 4) is 0 Å². The molecule has 3 nitrogen and oxygen atoms in total. The lowest BCUT2D eigenvalue weighted by Crippen LogP contribution is -2.09. The maximum Gasteiger partial charge on any atom is 0.118 e. The molecule has 13 heavy (non-hydrogen) atoms. The molecule has 0 saturated heterocycles. The van der Waals surface area contributed by atoms with Gasteiger partial charge in [0.15, 0.2) is 0 Å². The van der Waals surface area contributed by atoms with Gasteiger partial charge in [-0.3, -0.25) is 0 Å². The van der Waals surface area contributed by atoms with Crippen LogP contribution in [-0.2, 0) is 12.8 Å². The van der Waals surface area contributed by atoms with Crippen LogP contribution in [0.5, 0.6) is 0 Å². The van der Waals surface area contributed by atoms with E-state index in [2.05, 4.69) is 21.8 Å². The first-order valence-corrected chi connectivity index (χ1v) is 6.52. The number of hydrogen-bond acceptors (Lipinski definition) is 5. The number of nitrogens with one attached hydrogen (secondary N) is 1. The number of thioether (sulfide) groups is 1. The molecule has 5 heteroatoms. The predicted octanol–water partition coefficient (Wildman–Crippen LogP) is 1.21. The van der Waals surface area contributed by atoms with Crippen LogP contribution in [0, 0.1) is 0 Å². The number of aryl methyl sites for hydroxylation is 1. The van der Waals surface area contributed by atoms with E-state index >= 15 is 0 Å². The third kappa shape index (κ3) is 4.06. The van der Waals surface area contributed by atoms with Crippen LogP contribution in [0.25, 0.3) is 0 Å². The molecule has 0 aliphatic heterocycles. The van der Waals surface area contributed by atoms with E-state index < -0.39 is 0 Å². The van der Waals surface area contributed by atoms with E-state index in [4.69, 9.17) is 0 Å². The van der Waals surface area contributed by atoms with Gasteiger partial charge in [0.05, 0.1) is 0 Å². The average Bonchev–Trinajstić information content (AvgIpc) is 2.59. The molecule has 0 aliphatic carbocycles. The van der Waals surface area contributed by atoms with E-state index in [9.17, 15) is 0 Å². The summed E-state index contributed by atoms with van der Waals surface area (Å²) in [4.78, 5) is 0. The van der Waals surface area contributed by atoms with Gasteiger partial charge in [-0.1, -0.05) is 0 Å². The summed E-state index contributed by atoms with van der Waals surface area (Å²) in [5, 5.41) is 13.7. The van der Waals surface area contributed by atoms with Crippen molar-refractivity contribution in [2.24, 2.45) is 0 Å². The average molecular weight is 217 g/mol. The fraction of sp³-hybridized carbons (Fsp3) is 0.750. The van der Waals surface area contributed by atoms with Crippen molar-refractivity contribution in [3.05, 3.63) is 10.0 Å². The second-order valence-corrected chi connectivity index (χ2v) is 4.82. The van der Waals surface area contributed by atoms with Gasteiger partial charge in [-0.25, -0.2) is 0 Å². The third-order valence-electron chi connectivity index (χ3n) is 1.62. The van der Waals surface area contributed by atoms with Crippen molar-refractivity contribution in [1.82, 2.24) is 15.5 Å². The number of aromatic nitrogens is 2. The first-order valence-electron chi connectivity index (χ1n) is 4.31. The Hall–Kier alpha value is -0.130. The Balaban J connectivity index is 2.34. The Morgan fingerprint density at radius 3 is 2.62 bits per heavy atom. The van der Waals surface area contributed by atoms with Gasteiger partial charge in [0.2, 0.25) is 0 Å². The maximum absolute atomic E-state index is 4.13. The molecule has 1 aromatic heterocycles. The molecule has 0 fully saturated rings. The highest BCUT2D eigenvalue weighted by Crippen LogP contribution is 2.12. The topological polar surface area (TPSA) is 37.8 Å². The number of nitrogens with zero attached hydrogens (tertiary/aromatic N) is 2. The molecule has 1 rings (SSSR count). The largest absolute Gasteiger partial charge is 0.319 e. The molecule has 1 N–H and O–H groups in total. The highest BCUT2D eigenvalue weighted by atomic mass is 32.2. The van der Waals surface area contributed by atoms with Crippen molar-refractivity contribution in [2.75, 3.05) is 25.6 Å². The van der Waals surface area contributed by atoms with Gasteiger partial charge < -0.3 is 5.32 Å². The summed E-state index contributed by atoms with van der Waals surface area (Å²) in [7, 11) is 1.95. The molecular formula is C8H15N3S2. The van der Waals surface area contributed by atoms with Gasteiger partial charge in [-0.2, -0.15) is 11.8 Å². The van der Waals surface area contributed by atoms with Crippen LogP contribution in [0.15, 0.2) is 0 Å². The molecule has 0 radical (unpaired) electrons. The normalized spacial score (nSPS) is 10.6. The van der Waals surface area contributed by atoms with Crippen molar-refractivity contribution in [3.63, 3.8) is 0 Å². The highest BCUT2D eigenvalue weighted by Gasteiger charge is 2.02. The van der Waals surface area contributed by atoms with Crippen molar-refractivity contribution >= 4 is 23.1 Å². The monoisotopic (exact) mass is 217 g/mol. The summed E-state index contributed by atoms with van der Waals surface area (Å²) in [6.45, 7) is 0.983. The van der Waals surface area contributed by atoms with Crippen LogP contribution in [0.4, 0.5) is 0 Å². The second kappa shape index (κ2) is 6.34. The first-order chi connectivity index (χ1) is 6.36. The quantitative estimate of drug-likeness (QED) is 0.777. The standard InChI is InChI=1S/C8H15N3S2/c1-9-5-3-7-10-11-8(13-7)4-6-12-2/h9H,3-6H2,1-2H3. The van der Waals surface area contributed by atoms with Gasteiger partial charge in [0.1, 0.15) is 10.0 Å². The Labute approximate surface area is 87.3 Å². The SMILES string of the molecule is CNCCc1nnc(CCSC)s1. The summed E-state index contributed by atoms with van der Waals surface area (Å²) >= 11 is 3.59. The van der Waals surface area contributed by atoms with Crippen LogP contribution in [0.3, 0.4) is 0 Å². The Morgan fingerprint density at radius 1 is 1.31 bits per heavy atom. The molecule has 0 unspecified atom stereocenters. The molecular weight excluding hydrogens is 202 g/mol. The lowest BCUT2D eigenvalue weighted by atomic mass is 10.4. The fourth-order valence-electron chi connectivity index (χ4n) is 0.912. The van der Waals surface area contributed by atoms with Crippen molar-refractivity contribution in [2.45, 2.75) is 12.8 Å². The minimum Gasteiger partial charge on any atom is -0.319 e. The summed E-state index contributed by atoms with van der Waals surface area (Å²) < 4.78 is 0. The predicted molar refractivity (Wildman–Crippen MR) is 59.6 cm³/mol. The van der Waals surface area contributed by atoms with E-state index in [-0.39, 0.29) is 0 Å². The van der Waals surface area contributed by atoms with Gasteiger partial charge in [-0.15, -0.1) is 21.5 Å². The van der Waals surface area contributed by atoms with E-state index in [0.717, 1.165) is 30.1 Å². The molecule has 0 aliphatic rings. The van der Waals surface area contributed by atoms with Crippen LogP contribution >= 0.6 is 23.1 Å². The number of likely N-dealkylation sites (N-methyl/N-ethyl adjacent to an activating group) is 1. The van der Waals surface area contributed by atoms with Crippen LogP contribution in [-0.4, -0.2) is 35.8 Å². The Bertz CT molecular complexity index is 215. The molecule has 1 heterocycles. The van der Waals surface area contributed by atoms with Gasteiger partial charge >= 0.3 is 0 Å². The Kier molecular flexibility index (Phi) is 5.34. The van der Waals surface area contributed by atoms with Crippen LogP contribution < -0.4 is 5.32 Å². The third-order valence-corrected chi connectivity index (χ3v) is 3.27. The summed E-state index contributed by atoms with van der Waals surface area (Å²) in [5.74, 6) is 1.14. The number of hydrogen-bond donors (Lipinski definition) is 1. The van der Waals surface area contributed by atoms with Gasteiger partial charge in [-0.05, 0) is 19.1 Å². The fourth-order valence-corrected chi connectivity index (χ4v) is 2.28. The van der Waals surface area contributed by atoms with E-state index in [1.807, 2.05) is 18.8 Å². The zero-order chi connectivity index (χ0) is 9.52. The van der Waals surface area contributed by atoms with E-state index in [1.165, 1.54) is 5.01 Å². The second-order valence-electron chi connectivity index (χ2n) is 2.69. The van der Waals surface area contributed by atoms with Crippen molar-refractivity contribution in [1.29, 1.82) is 0 Å². The lowest BCUT2D eigenvalue weighted by Gasteiger charge is -1.92. The molecule has 74 valence electrons. The molecule has 0 aromatic carbocycles. The van der Waals surface area contributed by atoms with E-state index in [0.29, 0.717) is 0 Å². The molecule has 0 spiro atoms. The lowest BCUT2D eigenvalue weighted by molar-refractivity contribution is 0.777. The van der Waals surface area contributed by atoms with Crippen molar-refractivity contribution < 1.29 is 0 Å². The molecule has 0 bridgehead atoms. The molecule has 0 atom stereocenters. The smallest absolute Gasteiger partial charge is 0.118 e. The van der Waals surface area contributed by atoms with E-state index in [1.54, 1.807) is 11.3 Å². The highest BCUT2D eigenvalue weighted by molar-refractivity contribution is 7.98. The van der Waals surface area contributed by atoms with Crippen LogP contribution in [0.2, 0.25) is 0 Å². The number of rotatable bonds is 6. The maximum atomic E-state index is 4.13. The summed E-state index contributed by atoms with van der Waals surface area (Å²) in [5.41, 5.74) is 0. The summed E-state index contributed by atoms with van der Waals surface area (Å²) in [6, 6.07) is 0. The Morgan fingerprint density at radius 2 is 2.00 bits per heavy atom. The van der Waals surface area contributed by atoms with Gasteiger partial charge in [0, 0.05) is 19.4 Å². The van der Waals surface area contributed by atoms with Crippen LogP contribution in [0.1, 0.15) is 10.0 Å². The molecule has 1 aromatic rings. The molecule has 0 saturated carbocycles.